The first-order valence-corrected chi connectivity index (χ1v) is 9.06. The lowest BCUT2D eigenvalue weighted by Crippen LogP contribution is -3.12. The molecule has 0 amide bonds. The molecule has 4 nitrogen and oxygen atoms in total. The summed E-state index contributed by atoms with van der Waals surface area (Å²) in [5, 5.41) is 13.4. The van der Waals surface area contributed by atoms with Gasteiger partial charge in [0, 0.05) is 34.8 Å². The highest BCUT2D eigenvalue weighted by Gasteiger charge is 2.21. The Balaban J connectivity index is 1.80. The van der Waals surface area contributed by atoms with Crippen LogP contribution in [0.25, 0.3) is 10.6 Å². The summed E-state index contributed by atoms with van der Waals surface area (Å²) in [5.41, 5.74) is 3.01. The standard InChI is InChI=1S/C18H22N2O2S/c1-13-5-4-8-20(10-13)11-14-6-2-3-7-16(14)18-19-15(12-23-18)9-17(21)22/h2-3,6-7,12-13H,4-5,8-11H2,1H3,(H,21,22)/t13-/m0/s1. The second kappa shape index (κ2) is 7.23. The van der Waals surface area contributed by atoms with Crippen molar-refractivity contribution in [1.29, 1.82) is 0 Å². The van der Waals surface area contributed by atoms with Gasteiger partial charge in [0.15, 0.2) is 0 Å². The van der Waals surface area contributed by atoms with Crippen molar-refractivity contribution in [2.45, 2.75) is 32.7 Å². The van der Waals surface area contributed by atoms with Crippen LogP contribution in [-0.2, 0) is 17.8 Å². The van der Waals surface area contributed by atoms with E-state index in [1.807, 2.05) is 11.4 Å². The minimum absolute atomic E-state index is 0.118. The summed E-state index contributed by atoms with van der Waals surface area (Å²) >= 11 is 1.51. The molecule has 5 heteroatoms. The normalized spacial score (nSPS) is 21.3. The molecule has 1 aliphatic rings. The van der Waals surface area contributed by atoms with Gasteiger partial charge in [-0.3, -0.25) is 0 Å². The lowest BCUT2D eigenvalue weighted by atomic mass is 9.99. The van der Waals surface area contributed by atoms with E-state index in [4.69, 9.17) is 0 Å². The van der Waals surface area contributed by atoms with E-state index in [1.165, 1.54) is 42.8 Å². The molecule has 1 aromatic carbocycles. The Hall–Kier alpha value is -1.72. The fourth-order valence-electron chi connectivity index (χ4n) is 3.37. The largest absolute Gasteiger partial charge is 0.550 e. The van der Waals surface area contributed by atoms with Crippen LogP contribution in [0.2, 0.25) is 0 Å². The van der Waals surface area contributed by atoms with Gasteiger partial charge in [0.2, 0.25) is 0 Å². The minimum Gasteiger partial charge on any atom is -0.550 e. The van der Waals surface area contributed by atoms with E-state index in [1.54, 1.807) is 4.90 Å². The van der Waals surface area contributed by atoms with Crippen LogP contribution in [0.1, 0.15) is 31.0 Å². The van der Waals surface area contributed by atoms with Crippen molar-refractivity contribution in [2.24, 2.45) is 5.92 Å². The molecule has 0 spiro atoms. The van der Waals surface area contributed by atoms with Gasteiger partial charge in [-0.25, -0.2) is 4.98 Å². The number of hydrogen-bond acceptors (Lipinski definition) is 4. The third-order valence-electron chi connectivity index (χ3n) is 4.43. The molecule has 2 aromatic rings. The Morgan fingerprint density at radius 2 is 2.26 bits per heavy atom. The molecular weight excluding hydrogens is 308 g/mol. The average molecular weight is 330 g/mol. The van der Waals surface area contributed by atoms with Crippen LogP contribution >= 0.6 is 11.3 Å². The van der Waals surface area contributed by atoms with E-state index in [0.717, 1.165) is 23.0 Å². The SMILES string of the molecule is C[C@H]1CCC[NH+](Cc2ccccc2-c2nc(CC(=O)[O-])cs2)C1. The molecule has 122 valence electrons. The van der Waals surface area contributed by atoms with Crippen molar-refractivity contribution in [3.05, 3.63) is 40.9 Å². The van der Waals surface area contributed by atoms with Gasteiger partial charge in [0.05, 0.1) is 18.8 Å². The molecule has 2 heterocycles. The molecule has 0 saturated carbocycles. The third-order valence-corrected chi connectivity index (χ3v) is 5.35. The number of thiazole rings is 1. The number of nitrogens with one attached hydrogen (secondary N) is 1. The number of carbonyl (C=O) groups excluding carboxylic acids is 1. The lowest BCUT2D eigenvalue weighted by Gasteiger charge is -2.28. The van der Waals surface area contributed by atoms with Crippen LogP contribution in [0.15, 0.2) is 29.6 Å². The van der Waals surface area contributed by atoms with Crippen LogP contribution in [0.3, 0.4) is 0 Å². The average Bonchev–Trinajstić information content (AvgIpc) is 2.95. The van der Waals surface area contributed by atoms with Gasteiger partial charge in [-0.2, -0.15) is 0 Å². The Labute approximate surface area is 140 Å². The van der Waals surface area contributed by atoms with E-state index in [2.05, 4.69) is 30.1 Å². The quantitative estimate of drug-likeness (QED) is 0.887. The van der Waals surface area contributed by atoms with Crippen LogP contribution < -0.4 is 10.0 Å². The highest BCUT2D eigenvalue weighted by atomic mass is 32.1. The topological polar surface area (TPSA) is 57.5 Å². The summed E-state index contributed by atoms with van der Waals surface area (Å²) in [4.78, 5) is 16.8. The first-order valence-electron chi connectivity index (χ1n) is 8.18. The van der Waals surface area contributed by atoms with Gasteiger partial charge in [0.25, 0.3) is 0 Å². The minimum atomic E-state index is -1.08. The first-order chi connectivity index (χ1) is 11.1. The molecule has 23 heavy (non-hydrogen) atoms. The highest BCUT2D eigenvalue weighted by molar-refractivity contribution is 7.13. The molecule has 1 aliphatic heterocycles. The third kappa shape index (κ3) is 4.18. The summed E-state index contributed by atoms with van der Waals surface area (Å²) < 4.78 is 0. The van der Waals surface area contributed by atoms with E-state index < -0.39 is 5.97 Å². The number of nitrogens with zero attached hydrogens (tertiary/aromatic N) is 1. The zero-order valence-electron chi connectivity index (χ0n) is 13.4. The molecule has 1 fully saturated rings. The van der Waals surface area contributed by atoms with Crippen molar-refractivity contribution in [1.82, 2.24) is 4.98 Å². The number of carboxylic acids is 1. The van der Waals surface area contributed by atoms with Crippen LogP contribution in [-0.4, -0.2) is 24.0 Å². The maximum absolute atomic E-state index is 10.7. The number of hydrogen-bond donors (Lipinski definition) is 1. The molecule has 1 N–H and O–H groups in total. The second-order valence-corrected chi connectivity index (χ2v) is 7.34. The number of aromatic nitrogens is 1. The van der Waals surface area contributed by atoms with Crippen molar-refractivity contribution in [3.8, 4) is 10.6 Å². The number of aliphatic carboxylic acids is 1. The summed E-state index contributed by atoms with van der Waals surface area (Å²) in [7, 11) is 0. The fourth-order valence-corrected chi connectivity index (χ4v) is 4.25. The Bertz CT molecular complexity index is 683. The van der Waals surface area contributed by atoms with E-state index in [9.17, 15) is 9.90 Å². The molecule has 0 radical (unpaired) electrons. The Morgan fingerprint density at radius 3 is 3.04 bits per heavy atom. The summed E-state index contributed by atoms with van der Waals surface area (Å²) in [6.07, 6.45) is 2.52. The molecule has 3 rings (SSSR count). The molecule has 0 aliphatic carbocycles. The Morgan fingerprint density at radius 1 is 1.43 bits per heavy atom. The van der Waals surface area contributed by atoms with Crippen molar-refractivity contribution >= 4 is 17.3 Å². The van der Waals surface area contributed by atoms with Gasteiger partial charge in [-0.05, 0) is 12.8 Å². The molecule has 1 saturated heterocycles. The molecular formula is C18H22N2O2S. The van der Waals surface area contributed by atoms with Crippen molar-refractivity contribution < 1.29 is 14.8 Å². The zero-order chi connectivity index (χ0) is 16.2. The van der Waals surface area contributed by atoms with Gasteiger partial charge in [-0.15, -0.1) is 11.3 Å². The number of carbonyl (C=O) groups is 1. The molecule has 1 aromatic heterocycles. The fraction of sp³-hybridized carbons (Fsp3) is 0.444. The number of quaternary nitrogens is 1. The highest BCUT2D eigenvalue weighted by Crippen LogP contribution is 2.27. The Kier molecular flexibility index (Phi) is 5.08. The van der Waals surface area contributed by atoms with Crippen molar-refractivity contribution in [2.75, 3.05) is 13.1 Å². The number of likely N-dealkylation sites (tertiary alicyclic amines) is 1. The molecule has 2 atom stereocenters. The summed E-state index contributed by atoms with van der Waals surface area (Å²) in [6, 6.07) is 8.35. The van der Waals surface area contributed by atoms with Crippen molar-refractivity contribution in [3.63, 3.8) is 0 Å². The van der Waals surface area contributed by atoms with Crippen LogP contribution in [0.5, 0.6) is 0 Å². The van der Waals surface area contributed by atoms with E-state index >= 15 is 0 Å². The predicted molar refractivity (Wildman–Crippen MR) is 89.1 cm³/mol. The number of piperidine rings is 1. The number of carboxylic acid groups (broad SMARTS) is 1. The lowest BCUT2D eigenvalue weighted by molar-refractivity contribution is -0.922. The smallest absolute Gasteiger partial charge is 0.124 e. The molecule has 1 unspecified atom stereocenters. The van der Waals surface area contributed by atoms with Gasteiger partial charge < -0.3 is 14.8 Å². The van der Waals surface area contributed by atoms with Gasteiger partial charge in [-0.1, -0.05) is 31.2 Å². The first kappa shape index (κ1) is 16.1. The van der Waals surface area contributed by atoms with E-state index in [-0.39, 0.29) is 6.42 Å². The number of rotatable bonds is 5. The van der Waals surface area contributed by atoms with Crippen LogP contribution in [0, 0.1) is 5.92 Å². The number of benzene rings is 1. The summed E-state index contributed by atoms with van der Waals surface area (Å²) in [6.45, 7) is 5.79. The predicted octanol–water partition coefficient (Wildman–Crippen LogP) is 0.917. The maximum Gasteiger partial charge on any atom is 0.124 e. The van der Waals surface area contributed by atoms with Gasteiger partial charge in [0.1, 0.15) is 11.6 Å². The monoisotopic (exact) mass is 330 g/mol. The van der Waals surface area contributed by atoms with Gasteiger partial charge >= 0.3 is 0 Å². The molecule has 0 bridgehead atoms. The maximum atomic E-state index is 10.7. The zero-order valence-corrected chi connectivity index (χ0v) is 14.2. The second-order valence-electron chi connectivity index (χ2n) is 6.48. The van der Waals surface area contributed by atoms with Crippen LogP contribution in [0.4, 0.5) is 0 Å². The van der Waals surface area contributed by atoms with E-state index in [0.29, 0.717) is 5.69 Å². The summed E-state index contributed by atoms with van der Waals surface area (Å²) in [5.74, 6) is -0.290.